The third-order valence-electron chi connectivity index (χ3n) is 4.91. The molecule has 2 aliphatic rings. The predicted octanol–water partition coefficient (Wildman–Crippen LogP) is 5.42. The van der Waals surface area contributed by atoms with Gasteiger partial charge in [0.25, 0.3) is 0 Å². The summed E-state index contributed by atoms with van der Waals surface area (Å²) in [5.41, 5.74) is 1.02. The van der Waals surface area contributed by atoms with Crippen molar-refractivity contribution < 1.29 is 14.3 Å². The summed E-state index contributed by atoms with van der Waals surface area (Å²) >= 11 is 16.6. The van der Waals surface area contributed by atoms with Gasteiger partial charge in [-0.1, -0.05) is 24.3 Å². The molecule has 9 heteroatoms. The minimum Gasteiger partial charge on any atom is -0.454 e. The Labute approximate surface area is 212 Å². The van der Waals surface area contributed by atoms with E-state index in [1.807, 2.05) is 35.3 Å². The number of allylic oxidation sites excluding steroid dienone is 2. The van der Waals surface area contributed by atoms with Crippen LogP contribution in [0.15, 0.2) is 36.4 Å². The fourth-order valence-electron chi connectivity index (χ4n) is 3.24. The van der Waals surface area contributed by atoms with Gasteiger partial charge < -0.3 is 14.4 Å². The summed E-state index contributed by atoms with van der Waals surface area (Å²) in [6.45, 7) is 4.68. The second-order valence-corrected chi connectivity index (χ2v) is 8.26. The van der Waals surface area contributed by atoms with Crippen molar-refractivity contribution >= 4 is 59.2 Å². The molecule has 0 N–H and O–H groups in total. The number of likely N-dealkylation sites (tertiary alicyclic amines) is 1. The van der Waals surface area contributed by atoms with E-state index >= 15 is 0 Å². The number of ether oxygens (including phenoxy) is 2. The molecule has 0 spiro atoms. The average molecular weight is 526 g/mol. The number of carbonyl (C=O) groups is 1. The summed E-state index contributed by atoms with van der Waals surface area (Å²) in [5, 5.41) is 0. The van der Waals surface area contributed by atoms with E-state index in [2.05, 4.69) is 4.90 Å². The van der Waals surface area contributed by atoms with Crippen LogP contribution in [-0.2, 0) is 4.79 Å². The Morgan fingerprint density at radius 3 is 2.19 bits per heavy atom. The average Bonchev–Trinajstić information content (AvgIpc) is 3.26. The van der Waals surface area contributed by atoms with Crippen molar-refractivity contribution in [1.82, 2.24) is 9.80 Å². The van der Waals surface area contributed by atoms with Gasteiger partial charge in [0.1, 0.15) is 0 Å². The summed E-state index contributed by atoms with van der Waals surface area (Å²) in [4.78, 5) is 16.0. The molecule has 1 amide bonds. The molecular weight excluding hydrogens is 494 g/mol. The van der Waals surface area contributed by atoms with Crippen LogP contribution in [0.1, 0.15) is 24.8 Å². The van der Waals surface area contributed by atoms with Gasteiger partial charge in [0, 0.05) is 56.4 Å². The van der Waals surface area contributed by atoms with Gasteiger partial charge in [0.05, 0.1) is 0 Å². The van der Waals surface area contributed by atoms with Gasteiger partial charge in [-0.05, 0) is 37.0 Å². The number of benzene rings is 1. The zero-order valence-electron chi connectivity index (χ0n) is 18.2. The Bertz CT molecular complexity index is 711. The minimum atomic E-state index is 0. The molecule has 32 heavy (non-hydrogen) atoms. The molecule has 0 aliphatic carbocycles. The van der Waals surface area contributed by atoms with Gasteiger partial charge in [-0.2, -0.15) is 0 Å². The molecule has 5 nitrogen and oxygen atoms in total. The molecule has 0 bridgehead atoms. The number of amides is 1. The molecule has 2 aliphatic heterocycles. The minimum absolute atomic E-state index is 0. The van der Waals surface area contributed by atoms with E-state index in [1.54, 1.807) is 12.2 Å². The fraction of sp³-hybridized carbons (Fsp3) is 0.522. The Kier molecular flexibility index (Phi) is 15.7. The highest BCUT2D eigenvalue weighted by molar-refractivity contribution is 6.18. The van der Waals surface area contributed by atoms with Gasteiger partial charge in [0.15, 0.2) is 11.5 Å². The maximum atomic E-state index is 11.9. The molecule has 0 saturated carbocycles. The number of alkyl halides is 3. The fourth-order valence-corrected chi connectivity index (χ4v) is 3.95. The summed E-state index contributed by atoms with van der Waals surface area (Å²) in [5.74, 6) is 3.59. The third kappa shape index (κ3) is 10.7. The molecule has 0 atom stereocenters. The van der Waals surface area contributed by atoms with E-state index in [0.29, 0.717) is 17.6 Å². The maximum Gasteiger partial charge on any atom is 0.246 e. The van der Waals surface area contributed by atoms with Crippen LogP contribution in [-0.4, -0.2) is 72.9 Å². The first-order chi connectivity index (χ1) is 15.2. The van der Waals surface area contributed by atoms with Crippen molar-refractivity contribution in [3.05, 3.63) is 42.0 Å². The van der Waals surface area contributed by atoms with E-state index < -0.39 is 0 Å². The van der Waals surface area contributed by atoms with Crippen LogP contribution in [0.25, 0.3) is 6.08 Å². The van der Waals surface area contributed by atoms with Crippen molar-refractivity contribution in [1.29, 1.82) is 0 Å². The summed E-state index contributed by atoms with van der Waals surface area (Å²) in [6.07, 6.45) is 10.7. The molecular formula is C23H32Cl4N2O3. The molecule has 1 fully saturated rings. The van der Waals surface area contributed by atoms with Crippen LogP contribution >= 0.6 is 47.2 Å². The smallest absolute Gasteiger partial charge is 0.246 e. The largest absolute Gasteiger partial charge is 0.454 e. The van der Waals surface area contributed by atoms with E-state index in [-0.39, 0.29) is 25.1 Å². The SMILES string of the molecule is Cl.ClCCN(CCCl)CCCl.O=C(C=CC=Cc1ccc2c(c1)OCO2)N1CCCCC1. The Hall–Kier alpha value is -1.11. The number of nitrogens with zero attached hydrogens (tertiary/aromatic N) is 2. The highest BCUT2D eigenvalue weighted by Gasteiger charge is 2.13. The van der Waals surface area contributed by atoms with Gasteiger partial charge in [-0.15, -0.1) is 47.2 Å². The Balaban J connectivity index is 0.000000400. The number of fused-ring (bicyclic) bond motifs is 1. The summed E-state index contributed by atoms with van der Waals surface area (Å²) in [7, 11) is 0. The Morgan fingerprint density at radius 1 is 0.938 bits per heavy atom. The van der Waals surface area contributed by atoms with Crippen molar-refractivity contribution in [2.24, 2.45) is 0 Å². The van der Waals surface area contributed by atoms with Crippen LogP contribution in [0.3, 0.4) is 0 Å². The van der Waals surface area contributed by atoms with E-state index in [9.17, 15) is 4.79 Å². The monoisotopic (exact) mass is 524 g/mol. The molecule has 1 saturated heterocycles. The van der Waals surface area contributed by atoms with Gasteiger partial charge >= 0.3 is 0 Å². The van der Waals surface area contributed by atoms with Crippen LogP contribution in [0.5, 0.6) is 11.5 Å². The third-order valence-corrected chi connectivity index (χ3v) is 5.41. The first kappa shape index (κ1) is 28.9. The first-order valence-corrected chi connectivity index (χ1v) is 12.2. The van der Waals surface area contributed by atoms with Gasteiger partial charge in [-0.25, -0.2) is 0 Å². The zero-order chi connectivity index (χ0) is 22.3. The second kappa shape index (κ2) is 17.4. The standard InChI is InChI=1S/C17H19NO3.C6H12Cl3N.ClH/c19-17(18-10-4-1-5-11-18)7-3-2-6-14-8-9-15-16(12-14)21-13-20-15;7-1-4-10(5-2-8)6-3-9;/h2-3,6-9,12H,1,4-5,10-11,13H2;1-6H2;1H. The Morgan fingerprint density at radius 2 is 1.56 bits per heavy atom. The number of hydrogen-bond donors (Lipinski definition) is 0. The van der Waals surface area contributed by atoms with Crippen LogP contribution in [0.2, 0.25) is 0 Å². The van der Waals surface area contributed by atoms with Crippen molar-refractivity contribution in [2.45, 2.75) is 19.3 Å². The zero-order valence-corrected chi connectivity index (χ0v) is 21.3. The van der Waals surface area contributed by atoms with Crippen molar-refractivity contribution in [3.8, 4) is 11.5 Å². The number of piperidine rings is 1. The van der Waals surface area contributed by atoms with Crippen LogP contribution in [0, 0.1) is 0 Å². The maximum absolute atomic E-state index is 11.9. The van der Waals surface area contributed by atoms with E-state index in [1.165, 1.54) is 6.42 Å². The lowest BCUT2D eigenvalue weighted by Crippen LogP contribution is -2.34. The van der Waals surface area contributed by atoms with Gasteiger partial charge in [-0.3, -0.25) is 9.69 Å². The lowest BCUT2D eigenvalue weighted by atomic mass is 10.1. The van der Waals surface area contributed by atoms with Crippen LogP contribution in [0.4, 0.5) is 0 Å². The summed E-state index contributed by atoms with van der Waals surface area (Å²) in [6, 6.07) is 5.79. The number of rotatable bonds is 9. The first-order valence-electron chi connectivity index (χ1n) is 10.6. The molecule has 1 aromatic carbocycles. The normalized spacial score (nSPS) is 15.1. The summed E-state index contributed by atoms with van der Waals surface area (Å²) < 4.78 is 10.6. The molecule has 0 aromatic heterocycles. The lowest BCUT2D eigenvalue weighted by molar-refractivity contribution is -0.126. The number of halogens is 4. The van der Waals surface area contributed by atoms with Crippen molar-refractivity contribution in [2.75, 3.05) is 57.2 Å². The second-order valence-electron chi connectivity index (χ2n) is 7.13. The number of hydrogen-bond acceptors (Lipinski definition) is 4. The van der Waals surface area contributed by atoms with Crippen molar-refractivity contribution in [3.63, 3.8) is 0 Å². The quantitative estimate of drug-likeness (QED) is 0.245. The van der Waals surface area contributed by atoms with E-state index in [4.69, 9.17) is 44.3 Å². The molecule has 0 radical (unpaired) electrons. The van der Waals surface area contributed by atoms with Crippen LogP contribution < -0.4 is 9.47 Å². The molecule has 3 rings (SSSR count). The van der Waals surface area contributed by atoms with Gasteiger partial charge in [0.2, 0.25) is 12.7 Å². The number of carbonyl (C=O) groups excluding carboxylic acids is 1. The molecule has 1 aromatic rings. The predicted molar refractivity (Wildman–Crippen MR) is 137 cm³/mol. The molecule has 2 heterocycles. The molecule has 0 unspecified atom stereocenters. The highest BCUT2D eigenvalue weighted by atomic mass is 35.5. The highest BCUT2D eigenvalue weighted by Crippen LogP contribution is 2.32. The topological polar surface area (TPSA) is 42.0 Å². The lowest BCUT2D eigenvalue weighted by Gasteiger charge is -2.25. The molecule has 180 valence electrons. The van der Waals surface area contributed by atoms with E-state index in [0.717, 1.165) is 62.6 Å².